The van der Waals surface area contributed by atoms with Crippen molar-refractivity contribution in [1.82, 2.24) is 29.4 Å². The number of amides is 6. The second kappa shape index (κ2) is 44.7. The highest BCUT2D eigenvalue weighted by atomic mass is 16.6. The van der Waals surface area contributed by atoms with Gasteiger partial charge in [0.2, 0.25) is 35.4 Å². The van der Waals surface area contributed by atoms with Crippen LogP contribution in [0.4, 0.5) is 0 Å². The van der Waals surface area contributed by atoms with Gasteiger partial charge in [0.1, 0.15) is 18.3 Å². The molecule has 18 fully saturated rings. The van der Waals surface area contributed by atoms with Crippen molar-refractivity contribution in [3.63, 3.8) is 0 Å². The standard InChI is InChI=1S/2C20H29NO4.2C19H27NO5.C19H27NO4.C18H25NO5/c2*1-11(2)15(22)7-6-8-16(23)25-18-12-9-13-14(10-12)19(24)21(17(13)18)20(3,4)5;2*1-10(2)12(21)7-6-8-14(22)25-17-13-9-11-16(24-13)15(17)20(18(11)23)19(3,4)5;1-5-12(21)7-6-8-15(22)24-17-11-9-13-14(10-11)18(23)20(16(13)17)19(2,3)4;1-5-10(20)7-6-8-13(21)24-16-12-9-11-15(23-12)14(16)19(17(11)22)18(2,3)4/h2*12-14,17-18H,1,6-10H2,2-5H3;2*11,13,15-17H,1,6-9H2,2-5H3;5,11,13-14,16-17H,1,6-10H2,2-4H3;5,11-12,14-16H,1,6-9H2,2-4H3. The van der Waals surface area contributed by atoms with E-state index in [0.717, 1.165) is 38.5 Å². The number of fused-ring (bicyclic) bond motifs is 6. The topological polar surface area (TPSA) is 410 Å². The highest BCUT2D eigenvalue weighted by Crippen LogP contribution is 2.62. The lowest BCUT2D eigenvalue weighted by Gasteiger charge is -2.39. The van der Waals surface area contributed by atoms with Crippen molar-refractivity contribution < 1.29 is 129 Å². The number of esters is 6. The number of carbonyl (C=O) groups excluding carboxylic acids is 18. The predicted molar refractivity (Wildman–Crippen MR) is 544 cm³/mol. The Labute approximate surface area is 873 Å². The SMILES string of the molecule is C=C(C)C(=O)CCCC(=O)OC1C2CC3C(=O)N(C(C)(C)C)C1C3C2.C=C(C)C(=O)CCCC(=O)OC1C2CC3C(=O)N(C(C)(C)C)C1C3C2.C=C(C)C(=O)CCCC(=O)OC1C2CC3C(=O)N(C(C)(C)C)C1C3O2.C=C(C)C(=O)CCCC(=O)OC1C2CC3C(=O)N(C(C)(C)C)C1C3O2.C=CC(=O)CCCC(=O)OC1C2CC3C(=O)N(C(C)(C)C)C1C3C2.C=CC(=O)CCCC(=O)OC1C2CC3C(=O)N(C(C)(C)C)C1C3O2. The van der Waals surface area contributed by atoms with Crippen molar-refractivity contribution in [3.05, 3.63) is 73.9 Å². The van der Waals surface area contributed by atoms with Crippen LogP contribution < -0.4 is 0 Å². The van der Waals surface area contributed by atoms with E-state index in [4.69, 9.17) is 42.6 Å². The van der Waals surface area contributed by atoms with Crippen LogP contribution in [-0.2, 0) is 129 Å². The third-order valence-electron chi connectivity index (χ3n) is 33.6. The Balaban J connectivity index is 0.000000148. The third-order valence-corrected chi connectivity index (χ3v) is 33.6. The van der Waals surface area contributed by atoms with Gasteiger partial charge in [-0.3, -0.25) is 86.3 Å². The number of rotatable bonds is 36. The highest BCUT2D eigenvalue weighted by Gasteiger charge is 2.74. The molecule has 18 rings (SSSR count). The normalized spacial score (nSPS) is 33.3. The van der Waals surface area contributed by atoms with E-state index in [-0.39, 0.29) is 304 Å². The monoisotopic (exact) mass is 2060 g/mol. The van der Waals surface area contributed by atoms with Gasteiger partial charge in [0.25, 0.3) is 0 Å². The average Bonchev–Trinajstić information content (AvgIpc) is 1.57. The van der Waals surface area contributed by atoms with Crippen LogP contribution in [0.3, 0.4) is 0 Å². The van der Waals surface area contributed by atoms with Gasteiger partial charge in [0.05, 0.1) is 90.6 Å². The summed E-state index contributed by atoms with van der Waals surface area (Å²) in [7, 11) is 0. The minimum Gasteiger partial charge on any atom is -0.460 e. The quantitative estimate of drug-likeness (QED) is 0.0319. The van der Waals surface area contributed by atoms with E-state index in [0.29, 0.717) is 154 Å². The van der Waals surface area contributed by atoms with E-state index < -0.39 is 18.3 Å². The van der Waals surface area contributed by atoms with Crippen LogP contribution in [0.1, 0.15) is 326 Å². The van der Waals surface area contributed by atoms with Crippen LogP contribution in [-0.4, -0.2) is 278 Å². The largest absolute Gasteiger partial charge is 0.460 e. The molecular formula is C115H164N6O27. The molecule has 0 radical (unpaired) electrons. The molecule has 816 valence electrons. The molecule has 0 spiro atoms. The molecule has 6 amide bonds. The predicted octanol–water partition coefficient (Wildman–Crippen LogP) is 13.9. The summed E-state index contributed by atoms with van der Waals surface area (Å²) in [6.45, 7) is 64.3. The molecular weight excluding hydrogens is 1900 g/mol. The maximum absolute atomic E-state index is 12.8. The lowest BCUT2D eigenvalue weighted by Crippen LogP contribution is -2.53. The number of Topliss-reactive ketones (excluding diaryl/α,β-unsaturated/α-hetero) is 4. The van der Waals surface area contributed by atoms with E-state index >= 15 is 0 Å². The first-order valence-electron chi connectivity index (χ1n) is 54.1. The Kier molecular flexibility index (Phi) is 34.8. The molecule has 33 nitrogen and oxygen atoms in total. The first kappa shape index (κ1) is 115. The Morgan fingerprint density at radius 3 is 0.635 bits per heavy atom. The number of ether oxygens (including phenoxy) is 9. The molecule has 12 aliphatic heterocycles. The molecule has 33 heteroatoms. The molecule has 12 bridgehead atoms. The van der Waals surface area contributed by atoms with Crippen molar-refractivity contribution in [2.45, 2.75) is 468 Å². The van der Waals surface area contributed by atoms with Crippen molar-refractivity contribution >= 4 is 106 Å². The Hall–Kier alpha value is -10.0. The fourth-order valence-electron chi connectivity index (χ4n) is 27.6. The first-order valence-corrected chi connectivity index (χ1v) is 54.1. The molecule has 30 unspecified atom stereocenters. The van der Waals surface area contributed by atoms with Crippen LogP contribution in [0.15, 0.2) is 73.9 Å². The van der Waals surface area contributed by atoms with Crippen LogP contribution in [0, 0.1) is 71.0 Å². The first-order chi connectivity index (χ1) is 68.9. The smallest absolute Gasteiger partial charge is 0.306 e. The maximum atomic E-state index is 12.8. The summed E-state index contributed by atoms with van der Waals surface area (Å²) >= 11 is 0. The van der Waals surface area contributed by atoms with Gasteiger partial charge in [-0.05, 0) is 319 Å². The zero-order chi connectivity index (χ0) is 109. The number of nitrogens with zero attached hydrogens (tertiary/aromatic N) is 6. The molecule has 6 aliphatic carbocycles. The lowest BCUT2D eigenvalue weighted by atomic mass is 9.87. The Morgan fingerprint density at radius 2 is 0.446 bits per heavy atom. The fraction of sp³-hybridized carbons (Fsp3) is 0.739. The van der Waals surface area contributed by atoms with Crippen LogP contribution in [0.25, 0.3) is 0 Å². The van der Waals surface area contributed by atoms with Gasteiger partial charge in [0, 0.05) is 128 Å². The van der Waals surface area contributed by atoms with E-state index in [2.05, 4.69) is 39.5 Å². The Morgan fingerprint density at radius 1 is 0.264 bits per heavy atom. The van der Waals surface area contributed by atoms with Crippen molar-refractivity contribution in [3.8, 4) is 0 Å². The molecule has 148 heavy (non-hydrogen) atoms. The summed E-state index contributed by atoms with van der Waals surface area (Å²) < 4.78 is 52.3. The molecule has 30 atom stereocenters. The lowest BCUT2D eigenvalue weighted by molar-refractivity contribution is -0.157. The van der Waals surface area contributed by atoms with E-state index in [1.54, 1.807) is 27.7 Å². The van der Waals surface area contributed by atoms with Crippen LogP contribution in [0.2, 0.25) is 0 Å². The fourth-order valence-corrected chi connectivity index (χ4v) is 27.6. The maximum Gasteiger partial charge on any atom is 0.306 e. The zero-order valence-corrected chi connectivity index (χ0v) is 91.5. The number of hydrogen-bond acceptors (Lipinski definition) is 27. The molecule has 18 aliphatic rings. The van der Waals surface area contributed by atoms with Gasteiger partial charge in [-0.15, -0.1) is 0 Å². The summed E-state index contributed by atoms with van der Waals surface area (Å²) in [6.07, 6.45) is 13.0. The van der Waals surface area contributed by atoms with Crippen LogP contribution >= 0.6 is 0 Å². The number of likely N-dealkylation sites (tertiary alicyclic amines) is 6. The number of allylic oxidation sites excluding steroid dienone is 6. The van der Waals surface area contributed by atoms with Gasteiger partial charge in [-0.25, -0.2) is 0 Å². The van der Waals surface area contributed by atoms with E-state index in [1.807, 2.05) is 154 Å². The molecule has 0 aromatic rings. The molecule has 0 aromatic carbocycles. The summed E-state index contributed by atoms with van der Waals surface area (Å²) in [5.41, 5.74) is 0.283. The number of ketones is 6. The minimum absolute atomic E-state index is 0.00383. The Bertz CT molecular complexity index is 4740. The minimum atomic E-state index is -0.406. The van der Waals surface area contributed by atoms with Crippen molar-refractivity contribution in [1.29, 1.82) is 0 Å². The van der Waals surface area contributed by atoms with Gasteiger partial charge < -0.3 is 72.0 Å². The summed E-state index contributed by atoms with van der Waals surface area (Å²) in [5, 5.41) is 0. The molecule has 0 N–H and O–H groups in total. The van der Waals surface area contributed by atoms with Crippen molar-refractivity contribution in [2.24, 2.45) is 71.0 Å². The summed E-state index contributed by atoms with van der Waals surface area (Å²) in [4.78, 5) is 230. The number of hydrogen-bond donors (Lipinski definition) is 0. The van der Waals surface area contributed by atoms with Crippen LogP contribution in [0.5, 0.6) is 0 Å². The van der Waals surface area contributed by atoms with Gasteiger partial charge in [-0.2, -0.15) is 0 Å². The van der Waals surface area contributed by atoms with Crippen molar-refractivity contribution in [2.75, 3.05) is 0 Å². The summed E-state index contributed by atoms with van der Waals surface area (Å²) in [6, 6.07) is -0.510. The molecule has 6 saturated carbocycles. The average molecular weight is 2060 g/mol. The zero-order valence-electron chi connectivity index (χ0n) is 91.5. The second-order valence-corrected chi connectivity index (χ2v) is 50.7. The summed E-state index contributed by atoms with van der Waals surface area (Å²) in [5.74, 6) is 1.05. The molecule has 12 saturated heterocycles. The van der Waals surface area contributed by atoms with E-state index in [1.165, 1.54) is 12.2 Å². The molecule has 12 heterocycles. The van der Waals surface area contributed by atoms with Gasteiger partial charge >= 0.3 is 35.8 Å². The number of carbonyl (C=O) groups is 18. The highest BCUT2D eigenvalue weighted by molar-refractivity contribution is 5.97. The van der Waals surface area contributed by atoms with Gasteiger partial charge in [0.15, 0.2) is 53.0 Å². The third kappa shape index (κ3) is 23.9. The molecule has 0 aromatic heterocycles. The van der Waals surface area contributed by atoms with E-state index in [9.17, 15) is 86.3 Å². The second-order valence-electron chi connectivity index (χ2n) is 50.7. The van der Waals surface area contributed by atoms with Gasteiger partial charge in [-0.1, -0.05) is 39.5 Å².